The van der Waals surface area contributed by atoms with Crippen LogP contribution in [0.25, 0.3) is 0 Å². The van der Waals surface area contributed by atoms with Crippen LogP contribution in [0.1, 0.15) is 23.7 Å². The summed E-state index contributed by atoms with van der Waals surface area (Å²) in [7, 11) is 1.53. The van der Waals surface area contributed by atoms with Crippen molar-refractivity contribution in [2.75, 3.05) is 7.11 Å². The van der Waals surface area contributed by atoms with E-state index in [1.54, 1.807) is 31.2 Å². The molecular formula is C12H14O4. The number of rotatable bonds is 5. The highest BCUT2D eigenvalue weighted by Gasteiger charge is 2.24. The van der Waals surface area contributed by atoms with Crippen molar-refractivity contribution in [1.29, 1.82) is 0 Å². The number of hydrogen-bond donors (Lipinski definition) is 1. The van der Waals surface area contributed by atoms with E-state index >= 15 is 0 Å². The van der Waals surface area contributed by atoms with Gasteiger partial charge in [0.2, 0.25) is 0 Å². The highest BCUT2D eigenvalue weighted by atomic mass is 16.5. The van der Waals surface area contributed by atoms with Crippen LogP contribution in [0.4, 0.5) is 0 Å². The lowest BCUT2D eigenvalue weighted by Crippen LogP contribution is -2.23. The maximum Gasteiger partial charge on any atom is 0.314 e. The van der Waals surface area contributed by atoms with Gasteiger partial charge in [0, 0.05) is 5.56 Å². The van der Waals surface area contributed by atoms with Crippen LogP contribution >= 0.6 is 0 Å². The molecule has 0 spiro atoms. The maximum absolute atomic E-state index is 11.8. The van der Waals surface area contributed by atoms with Crippen LogP contribution in [0, 0.1) is 5.92 Å². The van der Waals surface area contributed by atoms with E-state index < -0.39 is 11.9 Å². The van der Waals surface area contributed by atoms with Gasteiger partial charge in [-0.25, -0.2) is 0 Å². The normalized spacial score (nSPS) is 11.9. The number of benzene rings is 1. The van der Waals surface area contributed by atoms with Gasteiger partial charge in [0.15, 0.2) is 5.78 Å². The van der Waals surface area contributed by atoms with Gasteiger partial charge in [-0.3, -0.25) is 9.59 Å². The van der Waals surface area contributed by atoms with Gasteiger partial charge in [0.1, 0.15) is 11.7 Å². The predicted octanol–water partition coefficient (Wildman–Crippen LogP) is 1.99. The largest absolute Gasteiger partial charge is 0.497 e. The maximum atomic E-state index is 11.8. The molecule has 4 nitrogen and oxygen atoms in total. The van der Waals surface area contributed by atoms with Crippen LogP contribution in [0.5, 0.6) is 5.75 Å². The first-order valence-electron chi connectivity index (χ1n) is 5.01. The molecular weight excluding hydrogens is 208 g/mol. The number of carbonyl (C=O) groups is 2. The minimum absolute atomic E-state index is 0.292. The van der Waals surface area contributed by atoms with Gasteiger partial charge in [0.05, 0.1) is 7.11 Å². The van der Waals surface area contributed by atoms with Gasteiger partial charge in [-0.1, -0.05) is 6.92 Å². The highest BCUT2D eigenvalue weighted by molar-refractivity contribution is 6.08. The average Bonchev–Trinajstić information content (AvgIpc) is 2.29. The van der Waals surface area contributed by atoms with Crippen LogP contribution in [0.2, 0.25) is 0 Å². The van der Waals surface area contributed by atoms with Crippen molar-refractivity contribution in [3.63, 3.8) is 0 Å². The monoisotopic (exact) mass is 222 g/mol. The van der Waals surface area contributed by atoms with Crippen LogP contribution in [0.15, 0.2) is 24.3 Å². The van der Waals surface area contributed by atoms with Crippen molar-refractivity contribution in [3.05, 3.63) is 29.8 Å². The zero-order valence-corrected chi connectivity index (χ0v) is 9.27. The van der Waals surface area contributed by atoms with Gasteiger partial charge in [-0.2, -0.15) is 0 Å². The van der Waals surface area contributed by atoms with E-state index in [4.69, 9.17) is 9.84 Å². The Morgan fingerprint density at radius 2 is 1.88 bits per heavy atom. The quantitative estimate of drug-likeness (QED) is 0.611. The first-order chi connectivity index (χ1) is 7.60. The van der Waals surface area contributed by atoms with Crippen molar-refractivity contribution in [2.45, 2.75) is 13.3 Å². The van der Waals surface area contributed by atoms with Crippen LogP contribution in [-0.2, 0) is 4.79 Å². The van der Waals surface area contributed by atoms with Gasteiger partial charge in [0.25, 0.3) is 0 Å². The lowest BCUT2D eigenvalue weighted by atomic mass is 9.95. The SMILES string of the molecule is CC[C@@H](C(=O)O)C(=O)c1ccc(OC)cc1. The molecule has 0 aliphatic heterocycles. The van der Waals surface area contributed by atoms with Crippen molar-refractivity contribution in [3.8, 4) is 5.75 Å². The first-order valence-corrected chi connectivity index (χ1v) is 5.01. The zero-order chi connectivity index (χ0) is 12.1. The molecule has 1 atom stereocenters. The molecule has 0 fully saturated rings. The fraction of sp³-hybridized carbons (Fsp3) is 0.333. The van der Waals surface area contributed by atoms with E-state index in [2.05, 4.69) is 0 Å². The predicted molar refractivity (Wildman–Crippen MR) is 58.7 cm³/mol. The molecule has 0 aliphatic carbocycles. The number of hydrogen-bond acceptors (Lipinski definition) is 3. The molecule has 0 aromatic heterocycles. The second kappa shape index (κ2) is 5.30. The van der Waals surface area contributed by atoms with Crippen molar-refractivity contribution >= 4 is 11.8 Å². The Balaban J connectivity index is 2.91. The molecule has 4 heteroatoms. The number of Topliss-reactive ketones (excluding diaryl/α,β-unsaturated/α-hetero) is 1. The highest BCUT2D eigenvalue weighted by Crippen LogP contribution is 2.16. The summed E-state index contributed by atoms with van der Waals surface area (Å²) in [5, 5.41) is 8.86. The zero-order valence-electron chi connectivity index (χ0n) is 9.27. The van der Waals surface area contributed by atoms with Crippen molar-refractivity contribution in [1.82, 2.24) is 0 Å². The second-order valence-corrected chi connectivity index (χ2v) is 3.39. The number of ketones is 1. The molecule has 1 rings (SSSR count). The molecule has 16 heavy (non-hydrogen) atoms. The molecule has 0 radical (unpaired) electrons. The van der Waals surface area contributed by atoms with Gasteiger partial charge in [-0.15, -0.1) is 0 Å². The Labute approximate surface area is 93.9 Å². The minimum Gasteiger partial charge on any atom is -0.497 e. The van der Waals surface area contributed by atoms with Gasteiger partial charge in [-0.05, 0) is 30.7 Å². The fourth-order valence-electron chi connectivity index (χ4n) is 1.43. The molecule has 0 heterocycles. The van der Waals surface area contributed by atoms with E-state index in [-0.39, 0.29) is 5.78 Å². The number of ether oxygens (including phenoxy) is 1. The lowest BCUT2D eigenvalue weighted by molar-refractivity contribution is -0.140. The number of carbonyl (C=O) groups excluding carboxylic acids is 1. The molecule has 0 bridgehead atoms. The molecule has 1 aromatic carbocycles. The topological polar surface area (TPSA) is 63.6 Å². The van der Waals surface area contributed by atoms with Crippen LogP contribution < -0.4 is 4.74 Å². The van der Waals surface area contributed by atoms with E-state index in [0.29, 0.717) is 17.7 Å². The van der Waals surface area contributed by atoms with E-state index in [0.717, 1.165) is 0 Å². The van der Waals surface area contributed by atoms with Gasteiger partial charge < -0.3 is 9.84 Å². The molecule has 0 amide bonds. The van der Waals surface area contributed by atoms with Crippen molar-refractivity contribution in [2.24, 2.45) is 5.92 Å². The fourth-order valence-corrected chi connectivity index (χ4v) is 1.43. The van der Waals surface area contributed by atoms with Crippen LogP contribution in [-0.4, -0.2) is 24.0 Å². The average molecular weight is 222 g/mol. The number of carboxylic acid groups (broad SMARTS) is 1. The molecule has 0 saturated carbocycles. The summed E-state index contributed by atoms with van der Waals surface area (Å²) < 4.78 is 4.96. The summed E-state index contributed by atoms with van der Waals surface area (Å²) in [5.41, 5.74) is 0.398. The van der Waals surface area contributed by atoms with Gasteiger partial charge >= 0.3 is 5.97 Å². The molecule has 1 N–H and O–H groups in total. The third-order valence-electron chi connectivity index (χ3n) is 2.40. The Morgan fingerprint density at radius 1 is 1.31 bits per heavy atom. The summed E-state index contributed by atoms with van der Waals surface area (Å²) in [4.78, 5) is 22.6. The number of carboxylic acids is 1. The van der Waals surface area contributed by atoms with E-state index in [1.165, 1.54) is 7.11 Å². The Kier molecular flexibility index (Phi) is 4.05. The minimum atomic E-state index is -1.08. The van der Waals surface area contributed by atoms with E-state index in [9.17, 15) is 9.59 Å². The standard InChI is InChI=1S/C12H14O4/c1-3-10(12(14)15)11(13)8-4-6-9(16-2)7-5-8/h4-7,10H,3H2,1-2H3,(H,14,15)/t10-/m1/s1. The lowest BCUT2D eigenvalue weighted by Gasteiger charge is -2.08. The molecule has 0 saturated heterocycles. The number of aliphatic carboxylic acids is 1. The summed E-state index contributed by atoms with van der Waals surface area (Å²) in [6.07, 6.45) is 0.292. The first kappa shape index (κ1) is 12.2. The summed E-state index contributed by atoms with van der Waals surface area (Å²) in [6, 6.07) is 6.43. The second-order valence-electron chi connectivity index (χ2n) is 3.39. The molecule has 86 valence electrons. The third-order valence-corrected chi connectivity index (χ3v) is 2.40. The third kappa shape index (κ3) is 2.59. The summed E-state index contributed by atoms with van der Waals surface area (Å²) >= 11 is 0. The Bertz CT molecular complexity index is 381. The van der Waals surface area contributed by atoms with Crippen molar-refractivity contribution < 1.29 is 19.4 Å². The summed E-state index contributed by atoms with van der Waals surface area (Å²) in [5.74, 6) is -1.77. The van der Waals surface area contributed by atoms with Crippen LogP contribution in [0.3, 0.4) is 0 Å². The molecule has 0 unspecified atom stereocenters. The molecule has 1 aromatic rings. The Morgan fingerprint density at radius 3 is 2.25 bits per heavy atom. The number of methoxy groups -OCH3 is 1. The smallest absolute Gasteiger partial charge is 0.314 e. The summed E-state index contributed by atoms with van der Waals surface area (Å²) in [6.45, 7) is 1.68. The van der Waals surface area contributed by atoms with E-state index in [1.807, 2.05) is 0 Å². The molecule has 0 aliphatic rings. The Hall–Kier alpha value is -1.84.